The zero-order valence-corrected chi connectivity index (χ0v) is 11.5. The minimum Gasteiger partial charge on any atom is -0.480 e. The summed E-state index contributed by atoms with van der Waals surface area (Å²) in [6.45, 7) is 1.76. The molecule has 2 aliphatic rings. The molecule has 1 saturated heterocycles. The van der Waals surface area contributed by atoms with Gasteiger partial charge in [-0.15, -0.1) is 0 Å². The monoisotopic (exact) mass is 303 g/mol. The molecule has 1 N–H and O–H groups in total. The van der Waals surface area contributed by atoms with Crippen molar-refractivity contribution in [2.24, 2.45) is 5.92 Å². The molecule has 4 nitrogen and oxygen atoms in total. The third kappa shape index (κ3) is 2.34. The normalized spacial score (nSPS) is 34.2. The molecule has 2 rings (SSSR count). The van der Waals surface area contributed by atoms with E-state index in [1.165, 1.54) is 6.42 Å². The molecule has 17 heavy (non-hydrogen) atoms. The van der Waals surface area contributed by atoms with Gasteiger partial charge < -0.3 is 10.0 Å². The Morgan fingerprint density at radius 2 is 2.00 bits per heavy atom. The summed E-state index contributed by atoms with van der Waals surface area (Å²) in [7, 11) is 0. The Labute approximate surface area is 109 Å². The largest absolute Gasteiger partial charge is 0.480 e. The minimum absolute atomic E-state index is 0.0770. The lowest BCUT2D eigenvalue weighted by Crippen LogP contribution is -2.48. The predicted molar refractivity (Wildman–Crippen MR) is 67.0 cm³/mol. The fraction of sp³-hybridized carbons (Fsp3) is 0.833. The quantitative estimate of drug-likeness (QED) is 0.794. The van der Waals surface area contributed by atoms with Crippen LogP contribution in [0.3, 0.4) is 0 Å². The Bertz CT molecular complexity index is 332. The molecule has 0 spiro atoms. The van der Waals surface area contributed by atoms with Gasteiger partial charge in [-0.05, 0) is 32.1 Å². The number of nitrogens with zero attached hydrogens (tertiary/aromatic N) is 1. The first-order chi connectivity index (χ1) is 8.02. The molecule has 0 aromatic heterocycles. The van der Waals surface area contributed by atoms with Gasteiger partial charge in [-0.3, -0.25) is 4.79 Å². The van der Waals surface area contributed by atoms with Crippen LogP contribution in [0.4, 0.5) is 0 Å². The third-order valence-electron chi connectivity index (χ3n) is 3.97. The van der Waals surface area contributed by atoms with Crippen molar-refractivity contribution in [3.05, 3.63) is 0 Å². The molecule has 1 amide bonds. The summed E-state index contributed by atoms with van der Waals surface area (Å²) < 4.78 is 0. The Kier molecular flexibility index (Phi) is 3.76. The number of hydrogen-bond donors (Lipinski definition) is 1. The lowest BCUT2D eigenvalue weighted by molar-refractivity contribution is -0.149. The number of hydrogen-bond acceptors (Lipinski definition) is 2. The van der Waals surface area contributed by atoms with Crippen molar-refractivity contribution >= 4 is 27.8 Å². The van der Waals surface area contributed by atoms with Crippen LogP contribution in [0.5, 0.6) is 0 Å². The van der Waals surface area contributed by atoms with Crippen LogP contribution in [0.1, 0.15) is 39.0 Å². The fourth-order valence-corrected chi connectivity index (χ4v) is 3.44. The Balaban J connectivity index is 2.23. The van der Waals surface area contributed by atoms with Gasteiger partial charge in [0.25, 0.3) is 0 Å². The molecule has 1 aliphatic carbocycles. The molecule has 0 radical (unpaired) electrons. The van der Waals surface area contributed by atoms with E-state index in [0.717, 1.165) is 19.3 Å². The number of aliphatic carboxylic acids is 1. The molecule has 2 fully saturated rings. The summed E-state index contributed by atoms with van der Waals surface area (Å²) in [6.07, 6.45) is 4.92. The van der Waals surface area contributed by atoms with Crippen LogP contribution >= 0.6 is 15.9 Å². The maximum absolute atomic E-state index is 12.1. The average molecular weight is 304 g/mol. The van der Waals surface area contributed by atoms with Crippen molar-refractivity contribution in [1.82, 2.24) is 4.90 Å². The molecule has 0 unspecified atom stereocenters. The molecular formula is C12H18BrNO3. The molecule has 0 bridgehead atoms. The Hall–Kier alpha value is -0.580. The number of carbonyl (C=O) groups excluding carboxylic acids is 1. The molecule has 4 atom stereocenters. The second kappa shape index (κ2) is 4.96. The average Bonchev–Trinajstić information content (AvgIpc) is 2.67. The summed E-state index contributed by atoms with van der Waals surface area (Å²) in [5, 5.41) is 9.25. The van der Waals surface area contributed by atoms with Gasteiger partial charge in [-0.1, -0.05) is 28.8 Å². The minimum atomic E-state index is -0.860. The summed E-state index contributed by atoms with van der Waals surface area (Å²) in [4.78, 5) is 24.7. The van der Waals surface area contributed by atoms with Crippen molar-refractivity contribution in [3.8, 4) is 0 Å². The van der Waals surface area contributed by atoms with Crippen molar-refractivity contribution in [2.75, 3.05) is 0 Å². The van der Waals surface area contributed by atoms with Gasteiger partial charge in [0.05, 0.1) is 4.83 Å². The SMILES string of the molecule is C[C@@H](Br)C(=O)N1[C@H](C(=O)O)C[C@@H]2CCCC[C@@H]21. The van der Waals surface area contributed by atoms with Crippen LogP contribution in [-0.4, -0.2) is 38.8 Å². The molecule has 0 aromatic rings. The summed E-state index contributed by atoms with van der Waals surface area (Å²) in [5.41, 5.74) is 0. The van der Waals surface area contributed by atoms with E-state index in [4.69, 9.17) is 0 Å². The van der Waals surface area contributed by atoms with Crippen molar-refractivity contribution < 1.29 is 14.7 Å². The maximum atomic E-state index is 12.1. The zero-order chi connectivity index (χ0) is 12.6. The third-order valence-corrected chi connectivity index (χ3v) is 4.36. The van der Waals surface area contributed by atoms with E-state index in [0.29, 0.717) is 12.3 Å². The van der Waals surface area contributed by atoms with Gasteiger partial charge in [0.2, 0.25) is 5.91 Å². The lowest BCUT2D eigenvalue weighted by Gasteiger charge is -2.33. The highest BCUT2D eigenvalue weighted by Gasteiger charge is 2.47. The van der Waals surface area contributed by atoms with E-state index >= 15 is 0 Å². The standard InChI is InChI=1S/C12H18BrNO3/c1-7(13)11(15)14-9-5-3-2-4-8(9)6-10(14)12(16)17/h7-10H,2-6H2,1H3,(H,16,17)/t7-,8+,9+,10+/m1/s1. The van der Waals surface area contributed by atoms with E-state index < -0.39 is 12.0 Å². The van der Waals surface area contributed by atoms with E-state index in [1.54, 1.807) is 11.8 Å². The number of carboxylic acid groups (broad SMARTS) is 1. The molecule has 0 aromatic carbocycles. The van der Waals surface area contributed by atoms with E-state index in [-0.39, 0.29) is 16.8 Å². The second-order valence-electron chi connectivity index (χ2n) is 5.06. The van der Waals surface area contributed by atoms with E-state index in [1.807, 2.05) is 0 Å². The van der Waals surface area contributed by atoms with E-state index in [2.05, 4.69) is 15.9 Å². The number of likely N-dealkylation sites (tertiary alicyclic amines) is 1. The van der Waals surface area contributed by atoms with Gasteiger partial charge in [0, 0.05) is 6.04 Å². The van der Waals surface area contributed by atoms with Crippen LogP contribution in [-0.2, 0) is 9.59 Å². The smallest absolute Gasteiger partial charge is 0.326 e. The summed E-state index contributed by atoms with van der Waals surface area (Å²) >= 11 is 3.26. The molecule has 5 heteroatoms. The second-order valence-corrected chi connectivity index (χ2v) is 6.44. The molecular weight excluding hydrogens is 286 g/mol. The lowest BCUT2D eigenvalue weighted by atomic mass is 9.84. The van der Waals surface area contributed by atoms with Crippen molar-refractivity contribution in [1.29, 1.82) is 0 Å². The fourth-order valence-electron chi connectivity index (χ4n) is 3.20. The molecule has 1 saturated carbocycles. The number of amides is 1. The van der Waals surface area contributed by atoms with Crippen LogP contribution < -0.4 is 0 Å². The zero-order valence-electron chi connectivity index (χ0n) is 9.93. The number of rotatable bonds is 2. The first kappa shape index (κ1) is 12.9. The van der Waals surface area contributed by atoms with Gasteiger partial charge >= 0.3 is 5.97 Å². The molecule has 1 aliphatic heterocycles. The van der Waals surface area contributed by atoms with Crippen LogP contribution in [0, 0.1) is 5.92 Å². The number of fused-ring (bicyclic) bond motifs is 1. The van der Waals surface area contributed by atoms with Gasteiger partial charge in [-0.25, -0.2) is 4.79 Å². The molecule has 96 valence electrons. The highest BCUT2D eigenvalue weighted by molar-refractivity contribution is 9.10. The highest BCUT2D eigenvalue weighted by Crippen LogP contribution is 2.40. The van der Waals surface area contributed by atoms with Crippen molar-refractivity contribution in [3.63, 3.8) is 0 Å². The number of carboxylic acids is 1. The first-order valence-corrected chi connectivity index (χ1v) is 7.13. The summed E-state index contributed by atoms with van der Waals surface area (Å²) in [5.74, 6) is -0.548. The number of halogens is 1. The first-order valence-electron chi connectivity index (χ1n) is 6.21. The van der Waals surface area contributed by atoms with Gasteiger partial charge in [-0.2, -0.15) is 0 Å². The number of alkyl halides is 1. The maximum Gasteiger partial charge on any atom is 0.326 e. The Morgan fingerprint density at radius 1 is 1.35 bits per heavy atom. The summed E-state index contributed by atoms with van der Waals surface area (Å²) in [6, 6.07) is -0.465. The van der Waals surface area contributed by atoms with Crippen molar-refractivity contribution in [2.45, 2.75) is 55.9 Å². The highest BCUT2D eigenvalue weighted by atomic mass is 79.9. The van der Waals surface area contributed by atoms with Gasteiger partial charge in [0.15, 0.2) is 0 Å². The van der Waals surface area contributed by atoms with Crippen LogP contribution in [0.25, 0.3) is 0 Å². The van der Waals surface area contributed by atoms with Crippen LogP contribution in [0.15, 0.2) is 0 Å². The Morgan fingerprint density at radius 3 is 2.59 bits per heavy atom. The predicted octanol–water partition coefficient (Wildman–Crippen LogP) is 2.01. The number of carbonyl (C=O) groups is 2. The van der Waals surface area contributed by atoms with Crippen LogP contribution in [0.2, 0.25) is 0 Å². The molecule has 1 heterocycles. The van der Waals surface area contributed by atoms with E-state index in [9.17, 15) is 14.7 Å². The van der Waals surface area contributed by atoms with Gasteiger partial charge in [0.1, 0.15) is 6.04 Å². The topological polar surface area (TPSA) is 57.6 Å².